The number of carbonyl (C=O) groups is 1. The normalized spacial score (nSPS) is 12.6. The molecule has 96 valence electrons. The van der Waals surface area contributed by atoms with Crippen LogP contribution in [0, 0.1) is 16.7 Å². The van der Waals surface area contributed by atoms with Crippen molar-refractivity contribution in [1.82, 2.24) is 5.32 Å². The summed E-state index contributed by atoms with van der Waals surface area (Å²) in [5.74, 6) is -0.250. The molecule has 0 aromatic heterocycles. The fourth-order valence-corrected chi connectivity index (χ4v) is 1.74. The fourth-order valence-electron chi connectivity index (χ4n) is 1.52. The fraction of sp³-hybridized carbons (Fsp3) is 0.429. The highest BCUT2D eigenvalue weighted by Crippen LogP contribution is 2.15. The topological polar surface area (TPSA) is 52.9 Å². The monoisotopic (exact) mass is 264 g/mol. The van der Waals surface area contributed by atoms with Crippen molar-refractivity contribution in [1.29, 1.82) is 5.26 Å². The first-order chi connectivity index (χ1) is 8.35. The molecule has 0 heterocycles. The highest BCUT2D eigenvalue weighted by molar-refractivity contribution is 6.30. The number of rotatable bonds is 4. The second-order valence-electron chi connectivity index (χ2n) is 4.95. The van der Waals surface area contributed by atoms with E-state index in [-0.39, 0.29) is 11.9 Å². The molecule has 0 unspecified atom stereocenters. The SMILES string of the molecule is C[C@@H](Cc1cccc(Cl)c1)NC(=O)C(C)(C)C#N. The van der Waals surface area contributed by atoms with Gasteiger partial charge in [0.1, 0.15) is 5.41 Å². The minimum Gasteiger partial charge on any atom is -0.352 e. The van der Waals surface area contributed by atoms with Gasteiger partial charge >= 0.3 is 0 Å². The lowest BCUT2D eigenvalue weighted by Gasteiger charge is -2.20. The molecule has 0 aliphatic rings. The second-order valence-corrected chi connectivity index (χ2v) is 5.38. The molecule has 0 fully saturated rings. The van der Waals surface area contributed by atoms with Crippen LogP contribution in [0.1, 0.15) is 26.3 Å². The maximum absolute atomic E-state index is 11.8. The van der Waals surface area contributed by atoms with Gasteiger partial charge in [0.25, 0.3) is 0 Å². The van der Waals surface area contributed by atoms with E-state index in [1.165, 1.54) is 0 Å². The van der Waals surface area contributed by atoms with Gasteiger partial charge in [-0.25, -0.2) is 0 Å². The molecule has 1 aromatic carbocycles. The lowest BCUT2D eigenvalue weighted by Crippen LogP contribution is -2.41. The third-order valence-corrected chi connectivity index (χ3v) is 2.89. The van der Waals surface area contributed by atoms with Gasteiger partial charge in [0.05, 0.1) is 6.07 Å². The van der Waals surface area contributed by atoms with Crippen LogP contribution in [0.5, 0.6) is 0 Å². The molecule has 0 radical (unpaired) electrons. The Hall–Kier alpha value is -1.53. The van der Waals surface area contributed by atoms with Gasteiger partial charge in [-0.05, 0) is 44.9 Å². The summed E-state index contributed by atoms with van der Waals surface area (Å²) in [6.45, 7) is 5.12. The number of nitrogens with zero attached hydrogens (tertiary/aromatic N) is 1. The number of nitriles is 1. The van der Waals surface area contributed by atoms with Gasteiger partial charge in [-0.3, -0.25) is 4.79 Å². The number of hydrogen-bond donors (Lipinski definition) is 1. The number of nitrogens with one attached hydrogen (secondary N) is 1. The molecule has 1 N–H and O–H groups in total. The average molecular weight is 265 g/mol. The minimum atomic E-state index is -0.997. The Morgan fingerprint density at radius 3 is 2.78 bits per heavy atom. The molecule has 0 spiro atoms. The van der Waals surface area contributed by atoms with E-state index >= 15 is 0 Å². The highest BCUT2D eigenvalue weighted by Gasteiger charge is 2.28. The summed E-state index contributed by atoms with van der Waals surface area (Å²) in [6, 6.07) is 9.48. The van der Waals surface area contributed by atoms with Crippen molar-refractivity contribution in [3.8, 4) is 6.07 Å². The molecule has 0 aliphatic carbocycles. The van der Waals surface area contributed by atoms with Crippen LogP contribution in [-0.2, 0) is 11.2 Å². The lowest BCUT2D eigenvalue weighted by atomic mass is 9.94. The lowest BCUT2D eigenvalue weighted by molar-refractivity contribution is -0.127. The van der Waals surface area contributed by atoms with Crippen molar-refractivity contribution in [2.75, 3.05) is 0 Å². The summed E-state index contributed by atoms with van der Waals surface area (Å²) in [4.78, 5) is 11.8. The van der Waals surface area contributed by atoms with E-state index in [9.17, 15) is 4.79 Å². The third kappa shape index (κ3) is 4.05. The van der Waals surface area contributed by atoms with Gasteiger partial charge in [0.2, 0.25) is 5.91 Å². The smallest absolute Gasteiger partial charge is 0.240 e. The van der Waals surface area contributed by atoms with Crippen molar-refractivity contribution >= 4 is 17.5 Å². The number of carbonyl (C=O) groups excluding carboxylic acids is 1. The first-order valence-corrected chi connectivity index (χ1v) is 6.19. The van der Waals surface area contributed by atoms with Crippen molar-refractivity contribution in [3.05, 3.63) is 34.9 Å². The van der Waals surface area contributed by atoms with Crippen LogP contribution < -0.4 is 5.32 Å². The van der Waals surface area contributed by atoms with Crippen LogP contribution in [-0.4, -0.2) is 11.9 Å². The van der Waals surface area contributed by atoms with Crippen LogP contribution in [0.15, 0.2) is 24.3 Å². The van der Waals surface area contributed by atoms with Gasteiger partial charge in [0.15, 0.2) is 0 Å². The molecule has 4 heteroatoms. The average Bonchev–Trinajstić information content (AvgIpc) is 2.28. The molecule has 18 heavy (non-hydrogen) atoms. The van der Waals surface area contributed by atoms with Crippen molar-refractivity contribution in [2.45, 2.75) is 33.2 Å². The van der Waals surface area contributed by atoms with Crippen LogP contribution in [0.2, 0.25) is 5.02 Å². The number of benzene rings is 1. The van der Waals surface area contributed by atoms with Crippen LogP contribution >= 0.6 is 11.6 Å². The summed E-state index contributed by atoms with van der Waals surface area (Å²) >= 11 is 5.90. The van der Waals surface area contributed by atoms with E-state index in [0.29, 0.717) is 11.4 Å². The molecule has 1 atom stereocenters. The Kier molecular flexibility index (Phi) is 4.75. The van der Waals surface area contributed by atoms with E-state index in [0.717, 1.165) is 5.56 Å². The summed E-state index contributed by atoms with van der Waals surface area (Å²) in [5, 5.41) is 12.4. The molecule has 0 bridgehead atoms. The number of amides is 1. The Bertz CT molecular complexity index is 477. The number of hydrogen-bond acceptors (Lipinski definition) is 2. The van der Waals surface area contributed by atoms with Gasteiger partial charge in [0, 0.05) is 11.1 Å². The Labute approximate surface area is 113 Å². The second kappa shape index (κ2) is 5.88. The maximum Gasteiger partial charge on any atom is 0.240 e. The van der Waals surface area contributed by atoms with Gasteiger partial charge in [-0.2, -0.15) is 5.26 Å². The summed E-state index contributed by atoms with van der Waals surface area (Å²) in [7, 11) is 0. The van der Waals surface area contributed by atoms with E-state index < -0.39 is 5.41 Å². The van der Waals surface area contributed by atoms with Crippen LogP contribution in [0.25, 0.3) is 0 Å². The Morgan fingerprint density at radius 2 is 2.22 bits per heavy atom. The van der Waals surface area contributed by atoms with Crippen molar-refractivity contribution in [2.24, 2.45) is 5.41 Å². The van der Waals surface area contributed by atoms with Crippen molar-refractivity contribution < 1.29 is 4.79 Å². The first kappa shape index (κ1) is 14.5. The predicted octanol–water partition coefficient (Wildman–Crippen LogP) is 2.94. The highest BCUT2D eigenvalue weighted by atomic mass is 35.5. The summed E-state index contributed by atoms with van der Waals surface area (Å²) in [5.41, 5.74) is 0.0628. The first-order valence-electron chi connectivity index (χ1n) is 5.82. The van der Waals surface area contributed by atoms with Gasteiger partial charge in [-0.15, -0.1) is 0 Å². The summed E-state index contributed by atoms with van der Waals surface area (Å²) < 4.78 is 0. The van der Waals surface area contributed by atoms with Crippen LogP contribution in [0.4, 0.5) is 0 Å². The van der Waals surface area contributed by atoms with Crippen LogP contribution in [0.3, 0.4) is 0 Å². The largest absolute Gasteiger partial charge is 0.352 e. The molecule has 0 saturated carbocycles. The Balaban J connectivity index is 2.60. The molecule has 1 aromatic rings. The molecule has 0 aliphatic heterocycles. The molecular weight excluding hydrogens is 248 g/mol. The van der Waals surface area contributed by atoms with Crippen molar-refractivity contribution in [3.63, 3.8) is 0 Å². The van der Waals surface area contributed by atoms with E-state index in [1.54, 1.807) is 13.8 Å². The van der Waals surface area contributed by atoms with Gasteiger partial charge < -0.3 is 5.32 Å². The molecule has 1 rings (SSSR count). The minimum absolute atomic E-state index is 0.0383. The third-order valence-electron chi connectivity index (χ3n) is 2.66. The van der Waals surface area contributed by atoms with Gasteiger partial charge in [-0.1, -0.05) is 23.7 Å². The molecule has 1 amide bonds. The standard InChI is InChI=1S/C14H17ClN2O/c1-10(17-13(18)14(2,3)9-16)7-11-5-4-6-12(15)8-11/h4-6,8,10H,7H2,1-3H3,(H,17,18)/t10-/m0/s1. The zero-order valence-electron chi connectivity index (χ0n) is 10.8. The maximum atomic E-state index is 11.8. The zero-order valence-corrected chi connectivity index (χ0v) is 11.6. The van der Waals surface area contributed by atoms with E-state index in [1.807, 2.05) is 37.3 Å². The van der Waals surface area contributed by atoms with E-state index in [2.05, 4.69) is 5.32 Å². The predicted molar refractivity (Wildman–Crippen MR) is 72.2 cm³/mol. The number of halogens is 1. The molecule has 3 nitrogen and oxygen atoms in total. The Morgan fingerprint density at radius 1 is 1.56 bits per heavy atom. The zero-order chi connectivity index (χ0) is 13.8. The summed E-state index contributed by atoms with van der Waals surface area (Å²) in [6.07, 6.45) is 0.688. The quantitative estimate of drug-likeness (QED) is 0.909. The molecular formula is C14H17ClN2O. The van der Waals surface area contributed by atoms with E-state index in [4.69, 9.17) is 16.9 Å². The molecule has 0 saturated heterocycles.